The predicted molar refractivity (Wildman–Crippen MR) is 122 cm³/mol. The minimum Gasteiger partial charge on any atom is -0.468 e. The Balaban J connectivity index is 0.00000256. The van der Waals surface area contributed by atoms with E-state index in [1.165, 1.54) is 19.3 Å². The van der Waals surface area contributed by atoms with Crippen molar-refractivity contribution in [3.8, 4) is 0 Å². The molecule has 3 aromatic rings. The summed E-state index contributed by atoms with van der Waals surface area (Å²) in [6.07, 6.45) is 5.38. The van der Waals surface area contributed by atoms with Crippen molar-refractivity contribution in [2.24, 2.45) is 0 Å². The van der Waals surface area contributed by atoms with E-state index in [2.05, 4.69) is 10.2 Å². The molecule has 1 aromatic heterocycles. The molecule has 4 rings (SSSR count). The van der Waals surface area contributed by atoms with Gasteiger partial charge in [0.15, 0.2) is 0 Å². The summed E-state index contributed by atoms with van der Waals surface area (Å²) in [5, 5.41) is 3.22. The molecule has 0 saturated carbocycles. The van der Waals surface area contributed by atoms with E-state index in [-0.39, 0.29) is 30.3 Å². The second-order valence-corrected chi connectivity index (χ2v) is 7.63. The van der Waals surface area contributed by atoms with Gasteiger partial charge in [0.25, 0.3) is 0 Å². The molecule has 1 unspecified atom stereocenters. The third-order valence-corrected chi connectivity index (χ3v) is 5.70. The van der Waals surface area contributed by atoms with Crippen LogP contribution in [-0.2, 0) is 4.79 Å². The number of carbonyl (C=O) groups is 1. The Hall–Kier alpha value is -2.56. The fourth-order valence-electron chi connectivity index (χ4n) is 4.21. The number of carbonyl (C=O) groups excluding carboxylic acids is 1. The van der Waals surface area contributed by atoms with Crippen LogP contribution in [0.1, 0.15) is 48.1 Å². The molecule has 1 amide bonds. The number of halogens is 1. The number of hydrogen-bond acceptors (Lipinski definition) is 3. The van der Waals surface area contributed by atoms with Crippen molar-refractivity contribution >= 4 is 18.3 Å². The fourth-order valence-corrected chi connectivity index (χ4v) is 4.21. The van der Waals surface area contributed by atoms with Crippen LogP contribution < -0.4 is 5.32 Å². The highest BCUT2D eigenvalue weighted by molar-refractivity contribution is 5.87. The lowest BCUT2D eigenvalue weighted by atomic mass is 9.90. The van der Waals surface area contributed by atoms with Gasteiger partial charge in [0, 0.05) is 6.54 Å². The normalized spacial score (nSPS) is 15.4. The summed E-state index contributed by atoms with van der Waals surface area (Å²) in [5.41, 5.74) is 2.01. The maximum atomic E-state index is 13.3. The van der Waals surface area contributed by atoms with Crippen LogP contribution in [0.3, 0.4) is 0 Å². The van der Waals surface area contributed by atoms with E-state index in [0.29, 0.717) is 6.54 Å². The Morgan fingerprint density at radius 2 is 1.47 bits per heavy atom. The van der Waals surface area contributed by atoms with Crippen molar-refractivity contribution in [3.63, 3.8) is 0 Å². The smallest absolute Gasteiger partial charge is 0.232 e. The zero-order valence-corrected chi connectivity index (χ0v) is 17.9. The van der Waals surface area contributed by atoms with E-state index in [4.69, 9.17) is 4.42 Å². The van der Waals surface area contributed by atoms with Gasteiger partial charge in [0.1, 0.15) is 5.76 Å². The molecule has 4 nitrogen and oxygen atoms in total. The van der Waals surface area contributed by atoms with Crippen LogP contribution in [-0.4, -0.2) is 30.4 Å². The van der Waals surface area contributed by atoms with E-state index in [9.17, 15) is 4.79 Å². The van der Waals surface area contributed by atoms with Crippen molar-refractivity contribution in [2.45, 2.75) is 31.2 Å². The highest BCUT2D eigenvalue weighted by Gasteiger charge is 2.27. The second-order valence-electron chi connectivity index (χ2n) is 7.63. The van der Waals surface area contributed by atoms with Crippen LogP contribution in [0.5, 0.6) is 0 Å². The number of furan rings is 1. The number of nitrogens with zero attached hydrogens (tertiary/aromatic N) is 1. The molecule has 1 aliphatic rings. The maximum absolute atomic E-state index is 13.3. The average molecular weight is 425 g/mol. The molecule has 1 N–H and O–H groups in total. The SMILES string of the molecule is Cl.O=C(NCC(c1ccco1)N1CCCCC1)C(c1ccccc1)c1ccccc1. The lowest BCUT2D eigenvalue weighted by molar-refractivity contribution is -0.122. The first kappa shape index (κ1) is 22.1. The van der Waals surface area contributed by atoms with E-state index in [1.54, 1.807) is 6.26 Å². The summed E-state index contributed by atoms with van der Waals surface area (Å²) in [4.78, 5) is 15.8. The molecule has 0 bridgehead atoms. The molecule has 158 valence electrons. The number of benzene rings is 2. The minimum absolute atomic E-state index is 0. The third kappa shape index (κ3) is 5.32. The standard InChI is InChI=1S/C25H28N2O2.ClH/c28-25(24(20-11-4-1-5-12-20)21-13-6-2-7-14-21)26-19-22(23-15-10-18-29-23)27-16-8-3-9-17-27;/h1-2,4-7,10-15,18,22,24H,3,8-9,16-17,19H2,(H,26,28);1H. The Morgan fingerprint density at radius 3 is 2.00 bits per heavy atom. The number of rotatable bonds is 7. The van der Waals surface area contributed by atoms with E-state index in [0.717, 1.165) is 30.0 Å². The van der Waals surface area contributed by atoms with Gasteiger partial charge in [0.05, 0.1) is 18.2 Å². The van der Waals surface area contributed by atoms with Gasteiger partial charge < -0.3 is 9.73 Å². The monoisotopic (exact) mass is 424 g/mol. The number of nitrogens with one attached hydrogen (secondary N) is 1. The Kier molecular flexibility index (Phi) is 8.12. The molecule has 1 aliphatic heterocycles. The van der Waals surface area contributed by atoms with Crippen molar-refractivity contribution in [1.29, 1.82) is 0 Å². The summed E-state index contributed by atoms with van der Waals surface area (Å²) in [5.74, 6) is 0.621. The first-order valence-corrected chi connectivity index (χ1v) is 10.5. The van der Waals surface area contributed by atoms with Crippen molar-refractivity contribution in [1.82, 2.24) is 10.2 Å². The van der Waals surface area contributed by atoms with Crippen molar-refractivity contribution in [2.75, 3.05) is 19.6 Å². The summed E-state index contributed by atoms with van der Waals surface area (Å²) >= 11 is 0. The summed E-state index contributed by atoms with van der Waals surface area (Å²) < 4.78 is 5.72. The average Bonchev–Trinajstić information content (AvgIpc) is 3.31. The number of likely N-dealkylation sites (tertiary alicyclic amines) is 1. The van der Waals surface area contributed by atoms with Crippen LogP contribution in [0.2, 0.25) is 0 Å². The third-order valence-electron chi connectivity index (χ3n) is 5.70. The Bertz CT molecular complexity index is 839. The summed E-state index contributed by atoms with van der Waals surface area (Å²) in [7, 11) is 0. The highest BCUT2D eigenvalue weighted by atomic mass is 35.5. The number of piperidine rings is 1. The van der Waals surface area contributed by atoms with E-state index < -0.39 is 0 Å². The second kappa shape index (κ2) is 11.0. The molecule has 0 aliphatic carbocycles. The predicted octanol–water partition coefficient (Wildman–Crippen LogP) is 5.18. The van der Waals surface area contributed by atoms with E-state index >= 15 is 0 Å². The Morgan fingerprint density at radius 1 is 0.867 bits per heavy atom. The first-order valence-electron chi connectivity index (χ1n) is 10.5. The maximum Gasteiger partial charge on any atom is 0.232 e. The van der Waals surface area contributed by atoms with E-state index in [1.807, 2.05) is 72.8 Å². The molecule has 0 radical (unpaired) electrons. The molecule has 0 spiro atoms. The van der Waals surface area contributed by atoms with Crippen LogP contribution in [0.15, 0.2) is 83.5 Å². The van der Waals surface area contributed by atoms with Crippen molar-refractivity contribution < 1.29 is 9.21 Å². The molecular formula is C25H29ClN2O2. The topological polar surface area (TPSA) is 45.5 Å². The minimum atomic E-state index is -0.323. The van der Waals surface area contributed by atoms with Gasteiger partial charge in [-0.15, -0.1) is 12.4 Å². The van der Waals surface area contributed by atoms with Gasteiger partial charge in [-0.25, -0.2) is 0 Å². The van der Waals surface area contributed by atoms with Gasteiger partial charge in [-0.05, 0) is 49.2 Å². The van der Waals surface area contributed by atoms with Gasteiger partial charge in [-0.3, -0.25) is 9.69 Å². The molecule has 2 heterocycles. The highest BCUT2D eigenvalue weighted by Crippen LogP contribution is 2.27. The van der Waals surface area contributed by atoms with Crippen LogP contribution in [0.4, 0.5) is 0 Å². The lowest BCUT2D eigenvalue weighted by Crippen LogP contribution is -2.41. The zero-order valence-electron chi connectivity index (χ0n) is 17.1. The van der Waals surface area contributed by atoms with Crippen LogP contribution in [0, 0.1) is 0 Å². The molecule has 1 atom stereocenters. The molecule has 1 fully saturated rings. The summed E-state index contributed by atoms with van der Waals surface area (Å²) in [6.45, 7) is 2.63. The molecule has 30 heavy (non-hydrogen) atoms. The largest absolute Gasteiger partial charge is 0.468 e. The molecular weight excluding hydrogens is 396 g/mol. The van der Waals surface area contributed by atoms with Crippen LogP contribution in [0.25, 0.3) is 0 Å². The quantitative estimate of drug-likeness (QED) is 0.568. The van der Waals surface area contributed by atoms with Crippen LogP contribution >= 0.6 is 12.4 Å². The van der Waals surface area contributed by atoms with Gasteiger partial charge in [-0.1, -0.05) is 67.1 Å². The summed E-state index contributed by atoms with van der Waals surface area (Å²) in [6, 6.07) is 24.0. The zero-order chi connectivity index (χ0) is 19.9. The first-order chi connectivity index (χ1) is 14.3. The fraction of sp³-hybridized carbons (Fsp3) is 0.320. The lowest BCUT2D eigenvalue weighted by Gasteiger charge is -2.33. The number of hydrogen-bond donors (Lipinski definition) is 1. The van der Waals surface area contributed by atoms with Gasteiger partial charge in [0.2, 0.25) is 5.91 Å². The van der Waals surface area contributed by atoms with Gasteiger partial charge in [-0.2, -0.15) is 0 Å². The number of amides is 1. The van der Waals surface area contributed by atoms with Crippen molar-refractivity contribution in [3.05, 3.63) is 95.9 Å². The molecule has 5 heteroatoms. The Labute approximate surface area is 184 Å². The molecule has 2 aromatic carbocycles. The molecule has 1 saturated heterocycles. The van der Waals surface area contributed by atoms with Gasteiger partial charge >= 0.3 is 0 Å².